The molecule has 0 spiro atoms. The molecule has 7 heteroatoms. The molecule has 4 rings (SSSR count). The van der Waals surface area contributed by atoms with Crippen molar-refractivity contribution in [2.75, 3.05) is 7.11 Å². The Bertz CT molecular complexity index is 1180. The number of aryl methyl sites for hydroxylation is 1. The van der Waals surface area contributed by atoms with Crippen molar-refractivity contribution in [1.29, 1.82) is 0 Å². The number of amides is 1. The Morgan fingerprint density at radius 2 is 1.72 bits per heavy atom. The number of methoxy groups -OCH3 is 1. The van der Waals surface area contributed by atoms with E-state index in [0.717, 1.165) is 39.4 Å². The molecule has 0 fully saturated rings. The van der Waals surface area contributed by atoms with Gasteiger partial charge in [-0.3, -0.25) is 9.48 Å². The zero-order valence-electron chi connectivity index (χ0n) is 18.2. The van der Waals surface area contributed by atoms with Crippen LogP contribution in [0.15, 0.2) is 73.3 Å². The van der Waals surface area contributed by atoms with Crippen molar-refractivity contribution < 1.29 is 9.53 Å². The number of rotatable bonds is 8. The van der Waals surface area contributed by atoms with Gasteiger partial charge < -0.3 is 10.1 Å². The molecule has 0 radical (unpaired) electrons. The van der Waals surface area contributed by atoms with E-state index in [0.29, 0.717) is 19.4 Å². The number of nitrogens with zero attached hydrogens (tertiary/aromatic N) is 4. The lowest BCUT2D eigenvalue weighted by Gasteiger charge is -2.10. The van der Waals surface area contributed by atoms with E-state index in [-0.39, 0.29) is 5.91 Å². The summed E-state index contributed by atoms with van der Waals surface area (Å²) in [6.45, 7) is 0.434. The molecule has 2 aromatic heterocycles. The van der Waals surface area contributed by atoms with Crippen molar-refractivity contribution in [3.8, 4) is 16.9 Å². The molecule has 2 heterocycles. The van der Waals surface area contributed by atoms with Gasteiger partial charge in [0, 0.05) is 49.7 Å². The summed E-state index contributed by atoms with van der Waals surface area (Å²) in [4.78, 5) is 21.3. The highest BCUT2D eigenvalue weighted by Gasteiger charge is 2.08. The standard InChI is InChI=1S/C25H25N5O2/c1-30-17-19(13-29-30)11-24-26-15-22(16-27-24)20-9-7-18(8-10-20)12-25(31)28-14-21-5-3-4-6-23(21)32-2/h3-10,13,15-17H,11-12,14H2,1-2H3,(H,28,31). The summed E-state index contributed by atoms with van der Waals surface area (Å²) >= 11 is 0. The molecule has 0 saturated heterocycles. The van der Waals surface area contributed by atoms with Crippen LogP contribution < -0.4 is 10.1 Å². The topological polar surface area (TPSA) is 81.9 Å². The third-order valence-electron chi connectivity index (χ3n) is 5.15. The van der Waals surface area contributed by atoms with Crippen LogP contribution in [0.2, 0.25) is 0 Å². The van der Waals surface area contributed by atoms with E-state index < -0.39 is 0 Å². The van der Waals surface area contributed by atoms with Crippen LogP contribution in [0.25, 0.3) is 11.1 Å². The molecule has 7 nitrogen and oxygen atoms in total. The molecule has 0 unspecified atom stereocenters. The van der Waals surface area contributed by atoms with Crippen LogP contribution in [0.5, 0.6) is 5.75 Å². The van der Waals surface area contributed by atoms with Crippen LogP contribution >= 0.6 is 0 Å². The van der Waals surface area contributed by atoms with Crippen LogP contribution in [0, 0.1) is 0 Å². The first-order chi connectivity index (χ1) is 15.6. The van der Waals surface area contributed by atoms with Crippen LogP contribution in [0.1, 0.15) is 22.5 Å². The smallest absolute Gasteiger partial charge is 0.224 e. The average Bonchev–Trinajstić information content (AvgIpc) is 3.23. The molecule has 1 amide bonds. The second kappa shape index (κ2) is 9.87. The van der Waals surface area contributed by atoms with E-state index in [9.17, 15) is 4.79 Å². The average molecular weight is 428 g/mol. The molecule has 0 saturated carbocycles. The minimum absolute atomic E-state index is 0.0354. The van der Waals surface area contributed by atoms with Crippen LogP contribution in [0.4, 0.5) is 0 Å². The zero-order chi connectivity index (χ0) is 22.3. The van der Waals surface area contributed by atoms with Crippen molar-refractivity contribution >= 4 is 5.91 Å². The van der Waals surface area contributed by atoms with Gasteiger partial charge in [0.25, 0.3) is 0 Å². The maximum Gasteiger partial charge on any atom is 0.224 e. The van der Waals surface area contributed by atoms with E-state index in [4.69, 9.17) is 4.74 Å². The fourth-order valence-corrected chi connectivity index (χ4v) is 3.45. The Morgan fingerprint density at radius 1 is 0.969 bits per heavy atom. The maximum absolute atomic E-state index is 12.4. The van der Waals surface area contributed by atoms with Gasteiger partial charge in [-0.15, -0.1) is 0 Å². The van der Waals surface area contributed by atoms with Crippen molar-refractivity contribution in [2.24, 2.45) is 7.05 Å². The maximum atomic E-state index is 12.4. The second-order valence-corrected chi connectivity index (χ2v) is 7.55. The Morgan fingerprint density at radius 3 is 2.41 bits per heavy atom. The zero-order valence-corrected chi connectivity index (χ0v) is 18.2. The van der Waals surface area contributed by atoms with Gasteiger partial charge in [0.05, 0.1) is 19.7 Å². The predicted molar refractivity (Wildman–Crippen MR) is 122 cm³/mol. The molecule has 0 bridgehead atoms. The molecule has 162 valence electrons. The lowest BCUT2D eigenvalue weighted by molar-refractivity contribution is -0.120. The second-order valence-electron chi connectivity index (χ2n) is 7.55. The normalized spacial score (nSPS) is 10.7. The molecule has 1 N–H and O–H groups in total. The van der Waals surface area contributed by atoms with Gasteiger partial charge in [0.2, 0.25) is 5.91 Å². The van der Waals surface area contributed by atoms with Gasteiger partial charge in [-0.2, -0.15) is 5.10 Å². The summed E-state index contributed by atoms with van der Waals surface area (Å²) < 4.78 is 7.09. The van der Waals surface area contributed by atoms with E-state index in [1.807, 2.05) is 80.4 Å². The highest BCUT2D eigenvalue weighted by atomic mass is 16.5. The predicted octanol–water partition coefficient (Wildman–Crippen LogP) is 3.34. The molecule has 0 atom stereocenters. The summed E-state index contributed by atoms with van der Waals surface area (Å²) in [5.74, 6) is 1.49. The summed E-state index contributed by atoms with van der Waals surface area (Å²) in [5, 5.41) is 7.12. The minimum Gasteiger partial charge on any atom is -0.496 e. The van der Waals surface area contributed by atoms with Crippen molar-refractivity contribution in [3.05, 3.63) is 95.8 Å². The van der Waals surface area contributed by atoms with Gasteiger partial charge in [0.15, 0.2) is 0 Å². The Kier molecular flexibility index (Phi) is 6.55. The number of hydrogen-bond donors (Lipinski definition) is 1. The van der Waals surface area contributed by atoms with E-state index >= 15 is 0 Å². The molecule has 4 aromatic rings. The molecule has 32 heavy (non-hydrogen) atoms. The lowest BCUT2D eigenvalue weighted by atomic mass is 10.0. The molecule has 2 aromatic carbocycles. The summed E-state index contributed by atoms with van der Waals surface area (Å²) in [6.07, 6.45) is 8.40. The third-order valence-corrected chi connectivity index (χ3v) is 5.15. The molecule has 0 aliphatic heterocycles. The first-order valence-electron chi connectivity index (χ1n) is 10.4. The van der Waals surface area contributed by atoms with Crippen molar-refractivity contribution in [1.82, 2.24) is 25.1 Å². The Hall–Kier alpha value is -4.00. The fourth-order valence-electron chi connectivity index (χ4n) is 3.45. The number of para-hydroxylation sites is 1. The van der Waals surface area contributed by atoms with Crippen molar-refractivity contribution in [2.45, 2.75) is 19.4 Å². The summed E-state index contributed by atoms with van der Waals surface area (Å²) in [6, 6.07) is 15.6. The lowest BCUT2D eigenvalue weighted by Crippen LogP contribution is -2.24. The number of nitrogens with one attached hydrogen (secondary N) is 1. The van der Waals surface area contributed by atoms with Crippen molar-refractivity contribution in [3.63, 3.8) is 0 Å². The van der Waals surface area contributed by atoms with Gasteiger partial charge in [-0.1, -0.05) is 42.5 Å². The van der Waals surface area contributed by atoms with Gasteiger partial charge in [-0.05, 0) is 22.8 Å². The SMILES string of the molecule is COc1ccccc1CNC(=O)Cc1ccc(-c2cnc(Cc3cnn(C)c3)nc2)cc1. The molecule has 0 aliphatic rings. The van der Waals surface area contributed by atoms with E-state index in [2.05, 4.69) is 20.4 Å². The number of aromatic nitrogens is 4. The number of carbonyl (C=O) groups excluding carboxylic acids is 1. The monoisotopic (exact) mass is 427 g/mol. The Balaban J connectivity index is 1.33. The highest BCUT2D eigenvalue weighted by molar-refractivity contribution is 5.79. The first kappa shape index (κ1) is 21.2. The molecular weight excluding hydrogens is 402 g/mol. The van der Waals surface area contributed by atoms with Gasteiger partial charge in [-0.25, -0.2) is 9.97 Å². The number of hydrogen-bond acceptors (Lipinski definition) is 5. The molecular formula is C25H25N5O2. The number of benzene rings is 2. The molecule has 0 aliphatic carbocycles. The fraction of sp³-hybridized carbons (Fsp3) is 0.200. The number of ether oxygens (including phenoxy) is 1. The summed E-state index contributed by atoms with van der Waals surface area (Å²) in [7, 11) is 3.52. The van der Waals surface area contributed by atoms with E-state index in [1.54, 1.807) is 11.8 Å². The van der Waals surface area contributed by atoms with Gasteiger partial charge in [0.1, 0.15) is 11.6 Å². The Labute approximate surface area is 187 Å². The van der Waals surface area contributed by atoms with Gasteiger partial charge >= 0.3 is 0 Å². The van der Waals surface area contributed by atoms with Crippen LogP contribution in [-0.2, 0) is 31.2 Å². The first-order valence-corrected chi connectivity index (χ1v) is 10.4. The minimum atomic E-state index is -0.0354. The summed E-state index contributed by atoms with van der Waals surface area (Å²) in [5.41, 5.74) is 4.92. The number of carbonyl (C=O) groups is 1. The largest absolute Gasteiger partial charge is 0.496 e. The quantitative estimate of drug-likeness (QED) is 0.466. The third kappa shape index (κ3) is 5.37. The van der Waals surface area contributed by atoms with E-state index in [1.165, 1.54) is 0 Å². The van der Waals surface area contributed by atoms with Crippen LogP contribution in [0.3, 0.4) is 0 Å². The van der Waals surface area contributed by atoms with Crippen LogP contribution in [-0.4, -0.2) is 32.8 Å². The highest BCUT2D eigenvalue weighted by Crippen LogP contribution is 2.19.